The van der Waals surface area contributed by atoms with Crippen molar-refractivity contribution in [3.8, 4) is 0 Å². The number of aryl methyl sites for hydroxylation is 1. The van der Waals surface area contributed by atoms with Crippen molar-refractivity contribution in [2.75, 3.05) is 32.8 Å². The second-order valence-corrected chi connectivity index (χ2v) is 4.53. The first kappa shape index (κ1) is 13.7. The fourth-order valence-electron chi connectivity index (χ4n) is 2.14. The number of hydrogen-bond donors (Lipinski definition) is 0. The SMILES string of the molecule is Cc1ccc([N+](=O)[O-])c(=O)n1CCN1CCOCC1. The molecule has 2 heterocycles. The predicted molar refractivity (Wildman–Crippen MR) is 69.4 cm³/mol. The maximum atomic E-state index is 12.0. The molecule has 0 atom stereocenters. The second-order valence-electron chi connectivity index (χ2n) is 4.53. The van der Waals surface area contributed by atoms with Gasteiger partial charge in [-0.25, -0.2) is 0 Å². The predicted octanol–water partition coefficient (Wildman–Crippen LogP) is 0.397. The normalized spacial score (nSPS) is 16.5. The van der Waals surface area contributed by atoms with Crippen molar-refractivity contribution in [2.45, 2.75) is 13.5 Å². The van der Waals surface area contributed by atoms with Crippen LogP contribution in [0.4, 0.5) is 5.69 Å². The van der Waals surface area contributed by atoms with E-state index in [0.717, 1.165) is 18.8 Å². The molecule has 0 bridgehead atoms. The summed E-state index contributed by atoms with van der Waals surface area (Å²) in [7, 11) is 0. The summed E-state index contributed by atoms with van der Waals surface area (Å²) in [4.78, 5) is 24.3. The molecule has 19 heavy (non-hydrogen) atoms. The van der Waals surface area contributed by atoms with Crippen LogP contribution in [0, 0.1) is 17.0 Å². The third-order valence-electron chi connectivity index (χ3n) is 3.31. The van der Waals surface area contributed by atoms with Crippen LogP contribution in [0.5, 0.6) is 0 Å². The second kappa shape index (κ2) is 5.94. The van der Waals surface area contributed by atoms with Crippen LogP contribution in [0.25, 0.3) is 0 Å². The standard InChI is InChI=1S/C12H17N3O4/c1-10-2-3-11(15(17)18)12(16)14(10)5-4-13-6-8-19-9-7-13/h2-3H,4-9H2,1H3. The molecule has 0 spiro atoms. The third kappa shape index (κ3) is 3.18. The quantitative estimate of drug-likeness (QED) is 0.583. The van der Waals surface area contributed by atoms with Crippen molar-refractivity contribution in [1.82, 2.24) is 9.47 Å². The van der Waals surface area contributed by atoms with E-state index in [1.165, 1.54) is 10.6 Å². The summed E-state index contributed by atoms with van der Waals surface area (Å²) in [6.07, 6.45) is 0. The fraction of sp³-hybridized carbons (Fsp3) is 0.583. The molecule has 0 aromatic carbocycles. The molecule has 1 aromatic heterocycles. The highest BCUT2D eigenvalue weighted by atomic mass is 16.6. The van der Waals surface area contributed by atoms with Crippen LogP contribution in [0.1, 0.15) is 5.69 Å². The molecule has 0 radical (unpaired) electrons. The Morgan fingerprint density at radius 2 is 2.00 bits per heavy atom. The van der Waals surface area contributed by atoms with Crippen molar-refractivity contribution in [1.29, 1.82) is 0 Å². The minimum absolute atomic E-state index is 0.368. The molecule has 104 valence electrons. The van der Waals surface area contributed by atoms with Gasteiger partial charge in [0.1, 0.15) is 0 Å². The average Bonchev–Trinajstić information content (AvgIpc) is 2.39. The highest BCUT2D eigenvalue weighted by Crippen LogP contribution is 2.06. The molecular formula is C12H17N3O4. The van der Waals surface area contributed by atoms with Gasteiger partial charge in [-0.15, -0.1) is 0 Å². The highest BCUT2D eigenvalue weighted by Gasteiger charge is 2.16. The Bertz CT molecular complexity index is 520. The summed E-state index contributed by atoms with van der Waals surface area (Å²) >= 11 is 0. The largest absolute Gasteiger partial charge is 0.379 e. The molecule has 1 aromatic rings. The molecule has 1 fully saturated rings. The Morgan fingerprint density at radius 3 is 2.63 bits per heavy atom. The first-order chi connectivity index (χ1) is 9.09. The number of hydrogen-bond acceptors (Lipinski definition) is 5. The summed E-state index contributed by atoms with van der Waals surface area (Å²) in [5, 5.41) is 10.8. The van der Waals surface area contributed by atoms with E-state index >= 15 is 0 Å². The number of ether oxygens (including phenoxy) is 1. The van der Waals surface area contributed by atoms with Gasteiger partial charge >= 0.3 is 11.2 Å². The molecule has 2 rings (SSSR count). The van der Waals surface area contributed by atoms with E-state index in [0.29, 0.717) is 26.3 Å². The van der Waals surface area contributed by atoms with Crippen molar-refractivity contribution in [3.63, 3.8) is 0 Å². The van der Waals surface area contributed by atoms with Gasteiger partial charge in [-0.05, 0) is 13.0 Å². The van der Waals surface area contributed by atoms with Crippen LogP contribution in [-0.2, 0) is 11.3 Å². The molecule has 0 aliphatic carbocycles. The lowest BCUT2D eigenvalue weighted by Gasteiger charge is -2.26. The molecular weight excluding hydrogens is 250 g/mol. The fourth-order valence-corrected chi connectivity index (χ4v) is 2.14. The summed E-state index contributed by atoms with van der Waals surface area (Å²) in [5.41, 5.74) is -0.158. The van der Waals surface area contributed by atoms with Crippen LogP contribution in [0.2, 0.25) is 0 Å². The number of aromatic nitrogens is 1. The van der Waals surface area contributed by atoms with Gasteiger partial charge in [0.15, 0.2) is 0 Å². The molecule has 0 unspecified atom stereocenters. The number of morpholine rings is 1. The van der Waals surface area contributed by atoms with Crippen LogP contribution >= 0.6 is 0 Å². The van der Waals surface area contributed by atoms with Gasteiger partial charge in [0.2, 0.25) is 0 Å². The lowest BCUT2D eigenvalue weighted by atomic mass is 10.3. The topological polar surface area (TPSA) is 77.6 Å². The molecule has 1 aliphatic rings. The molecule has 0 N–H and O–H groups in total. The first-order valence-electron chi connectivity index (χ1n) is 6.24. The lowest BCUT2D eigenvalue weighted by molar-refractivity contribution is -0.386. The van der Waals surface area contributed by atoms with Crippen molar-refractivity contribution in [2.24, 2.45) is 0 Å². The van der Waals surface area contributed by atoms with Gasteiger partial charge in [0.05, 0.1) is 18.1 Å². The average molecular weight is 267 g/mol. The number of nitrogens with zero attached hydrogens (tertiary/aromatic N) is 3. The number of rotatable bonds is 4. The minimum Gasteiger partial charge on any atom is -0.379 e. The van der Waals surface area contributed by atoms with E-state index in [1.807, 2.05) is 0 Å². The maximum Gasteiger partial charge on any atom is 0.334 e. The van der Waals surface area contributed by atoms with Gasteiger partial charge in [-0.1, -0.05) is 0 Å². The maximum absolute atomic E-state index is 12.0. The van der Waals surface area contributed by atoms with Crippen LogP contribution in [-0.4, -0.2) is 47.2 Å². The van der Waals surface area contributed by atoms with Crippen LogP contribution in [0.3, 0.4) is 0 Å². The third-order valence-corrected chi connectivity index (χ3v) is 3.31. The molecule has 1 saturated heterocycles. The summed E-state index contributed by atoms with van der Waals surface area (Å²) in [6, 6.07) is 2.88. The van der Waals surface area contributed by atoms with Crippen LogP contribution in [0.15, 0.2) is 16.9 Å². The smallest absolute Gasteiger partial charge is 0.334 e. The van der Waals surface area contributed by atoms with Gasteiger partial charge in [0.25, 0.3) is 0 Å². The molecule has 0 saturated carbocycles. The zero-order valence-corrected chi connectivity index (χ0v) is 10.9. The van der Waals surface area contributed by atoms with E-state index < -0.39 is 10.5 Å². The van der Waals surface area contributed by atoms with Gasteiger partial charge in [-0.2, -0.15) is 0 Å². The van der Waals surface area contributed by atoms with E-state index in [4.69, 9.17) is 4.74 Å². The zero-order valence-electron chi connectivity index (χ0n) is 10.9. The molecule has 7 heteroatoms. The van der Waals surface area contributed by atoms with Gasteiger partial charge in [-0.3, -0.25) is 19.8 Å². The number of nitro groups is 1. The Kier molecular flexibility index (Phi) is 4.28. The van der Waals surface area contributed by atoms with Gasteiger partial charge in [0, 0.05) is 37.9 Å². The van der Waals surface area contributed by atoms with E-state index in [1.54, 1.807) is 13.0 Å². The molecule has 7 nitrogen and oxygen atoms in total. The lowest BCUT2D eigenvalue weighted by Crippen LogP contribution is -2.39. The minimum atomic E-state index is -0.632. The van der Waals surface area contributed by atoms with Crippen LogP contribution < -0.4 is 5.56 Å². The molecule has 1 aliphatic heterocycles. The van der Waals surface area contributed by atoms with Crippen molar-refractivity contribution in [3.05, 3.63) is 38.3 Å². The monoisotopic (exact) mass is 267 g/mol. The van der Waals surface area contributed by atoms with E-state index in [-0.39, 0.29) is 5.69 Å². The van der Waals surface area contributed by atoms with Crippen molar-refractivity contribution < 1.29 is 9.66 Å². The number of pyridine rings is 1. The Morgan fingerprint density at radius 1 is 1.32 bits per heavy atom. The highest BCUT2D eigenvalue weighted by molar-refractivity contribution is 5.27. The van der Waals surface area contributed by atoms with Gasteiger partial charge < -0.3 is 9.30 Å². The Hall–Kier alpha value is -1.73. The summed E-state index contributed by atoms with van der Waals surface area (Å²) in [5.74, 6) is 0. The van der Waals surface area contributed by atoms with E-state index in [2.05, 4.69) is 4.90 Å². The summed E-state index contributed by atoms with van der Waals surface area (Å²) in [6.45, 7) is 6.01. The Balaban J connectivity index is 2.12. The summed E-state index contributed by atoms with van der Waals surface area (Å²) < 4.78 is 6.72. The van der Waals surface area contributed by atoms with Crippen molar-refractivity contribution >= 4 is 5.69 Å². The van der Waals surface area contributed by atoms with E-state index in [9.17, 15) is 14.9 Å². The Labute approximate surface area is 110 Å². The zero-order chi connectivity index (χ0) is 13.8. The first-order valence-corrected chi connectivity index (χ1v) is 6.24. The molecule has 0 amide bonds.